The Morgan fingerprint density at radius 1 is 0.840 bits per heavy atom. The van der Waals surface area contributed by atoms with Crippen molar-refractivity contribution in [1.29, 1.82) is 0 Å². The minimum Gasteiger partial charge on any atom is -0.273 e. The Balaban J connectivity index is 3.55. The Kier molecular flexibility index (Phi) is 4.83. The van der Waals surface area contributed by atoms with Crippen molar-refractivity contribution in [3.8, 4) is 0 Å². The molecule has 1 saturated heterocycles. The van der Waals surface area contributed by atoms with Gasteiger partial charge in [0.2, 0.25) is 0 Å². The Labute approximate surface area is 128 Å². The first kappa shape index (κ1) is 22.0. The van der Waals surface area contributed by atoms with Crippen molar-refractivity contribution in [3.05, 3.63) is 0 Å². The first-order valence-electron chi connectivity index (χ1n) is 5.61. The first-order valence-corrected chi connectivity index (χ1v) is 5.61. The molecule has 0 spiro atoms. The normalized spacial score (nSPS) is 39.1. The van der Waals surface area contributed by atoms with Crippen molar-refractivity contribution in [2.45, 2.75) is 49.0 Å². The van der Waals surface area contributed by atoms with E-state index in [0.29, 0.717) is 0 Å². The molecule has 1 heterocycles. The highest BCUT2D eigenvalue weighted by Gasteiger charge is 2.86. The van der Waals surface area contributed by atoms with Gasteiger partial charge in [0.15, 0.2) is 6.67 Å². The third kappa shape index (κ3) is 3.22. The van der Waals surface area contributed by atoms with Crippen molar-refractivity contribution in [2.24, 2.45) is 0 Å². The molecule has 0 aromatic carbocycles. The number of ether oxygens (including phenoxy) is 3. The third-order valence-electron chi connectivity index (χ3n) is 2.75. The smallest absolute Gasteiger partial charge is 0.273 e. The van der Waals surface area contributed by atoms with Crippen LogP contribution in [-0.4, -0.2) is 48.7 Å². The van der Waals surface area contributed by atoms with E-state index in [4.69, 9.17) is 0 Å². The van der Waals surface area contributed by atoms with Crippen LogP contribution in [0.3, 0.4) is 0 Å². The molecule has 0 amide bonds. The predicted molar refractivity (Wildman–Crippen MR) is 47.3 cm³/mol. The van der Waals surface area contributed by atoms with E-state index in [2.05, 4.69) is 14.2 Å². The van der Waals surface area contributed by atoms with Crippen molar-refractivity contribution in [2.75, 3.05) is 6.67 Å². The third-order valence-corrected chi connectivity index (χ3v) is 2.75. The van der Waals surface area contributed by atoms with Gasteiger partial charge < -0.3 is 0 Å². The van der Waals surface area contributed by atoms with Crippen LogP contribution in [0.2, 0.25) is 0 Å². The summed E-state index contributed by atoms with van der Waals surface area (Å²) in [5.41, 5.74) is 0. The molecule has 0 radical (unpaired) electrons. The maximum atomic E-state index is 14.0. The van der Waals surface area contributed by atoms with Gasteiger partial charge in [0.05, 0.1) is 0 Å². The fourth-order valence-corrected chi connectivity index (χ4v) is 1.38. The predicted octanol–water partition coefficient (Wildman–Crippen LogP) is 4.38. The number of alkyl halides is 13. The Hall–Kier alpha value is -1.03. The lowest BCUT2D eigenvalue weighted by Crippen LogP contribution is -2.75. The van der Waals surface area contributed by atoms with Gasteiger partial charge in [0.1, 0.15) is 0 Å². The quantitative estimate of drug-likeness (QED) is 0.650. The molecule has 1 aliphatic rings. The average molecular weight is 408 g/mol. The monoisotopic (exact) mass is 408 g/mol. The molecule has 1 aliphatic heterocycles. The molecule has 16 heteroatoms. The van der Waals surface area contributed by atoms with E-state index in [1.165, 1.54) is 0 Å². The van der Waals surface area contributed by atoms with Gasteiger partial charge >= 0.3 is 42.1 Å². The second-order valence-electron chi connectivity index (χ2n) is 4.73. The van der Waals surface area contributed by atoms with Gasteiger partial charge in [-0.25, -0.2) is 8.78 Å². The number of rotatable bonds is 3. The molecule has 3 nitrogen and oxygen atoms in total. The highest BCUT2D eigenvalue weighted by Crippen LogP contribution is 2.59. The Bertz CT molecular complexity index is 516. The molecule has 0 aliphatic carbocycles. The van der Waals surface area contributed by atoms with Crippen LogP contribution in [0.4, 0.5) is 57.1 Å². The van der Waals surface area contributed by atoms with Crippen molar-refractivity contribution in [1.82, 2.24) is 0 Å². The molecule has 25 heavy (non-hydrogen) atoms. The van der Waals surface area contributed by atoms with E-state index in [-0.39, 0.29) is 0 Å². The SMILES string of the molecule is CC1(F)OC(F)(OC(F)(CF)C(F)(F)F)C(F)(C(F)(F)F)OC1(F)F. The fraction of sp³-hybridized carbons (Fsp3) is 1.00. The lowest BCUT2D eigenvalue weighted by molar-refractivity contribution is -0.626. The van der Waals surface area contributed by atoms with Crippen LogP contribution in [0.15, 0.2) is 0 Å². The maximum absolute atomic E-state index is 14.0. The van der Waals surface area contributed by atoms with E-state index in [0.717, 1.165) is 0 Å². The lowest BCUT2D eigenvalue weighted by Gasteiger charge is -2.49. The molecule has 4 atom stereocenters. The molecule has 0 saturated carbocycles. The lowest BCUT2D eigenvalue weighted by atomic mass is 10.1. The second kappa shape index (κ2) is 5.48. The van der Waals surface area contributed by atoms with E-state index < -0.39 is 55.7 Å². The van der Waals surface area contributed by atoms with Gasteiger partial charge in [0, 0.05) is 6.92 Å². The molecular formula is C9H5F13O3. The van der Waals surface area contributed by atoms with Gasteiger partial charge in [-0.15, -0.1) is 0 Å². The highest BCUT2D eigenvalue weighted by atomic mass is 19.4. The van der Waals surface area contributed by atoms with E-state index >= 15 is 0 Å². The Morgan fingerprint density at radius 2 is 1.28 bits per heavy atom. The van der Waals surface area contributed by atoms with E-state index in [1.54, 1.807) is 0 Å². The van der Waals surface area contributed by atoms with E-state index in [1.807, 2.05) is 0 Å². The summed E-state index contributed by atoms with van der Waals surface area (Å²) < 4.78 is 175. The zero-order valence-corrected chi connectivity index (χ0v) is 11.3. The number of halogens is 13. The summed E-state index contributed by atoms with van der Waals surface area (Å²) in [6.07, 6.45) is -19.6. The topological polar surface area (TPSA) is 27.7 Å². The molecule has 0 bridgehead atoms. The zero-order valence-electron chi connectivity index (χ0n) is 11.3. The molecule has 0 aromatic heterocycles. The largest absolute Gasteiger partial charge is 0.457 e. The minimum atomic E-state index is -7.01. The van der Waals surface area contributed by atoms with Crippen LogP contribution in [0.1, 0.15) is 6.92 Å². The fourth-order valence-electron chi connectivity index (χ4n) is 1.38. The molecule has 150 valence electrons. The second-order valence-corrected chi connectivity index (χ2v) is 4.73. The summed E-state index contributed by atoms with van der Waals surface area (Å²) in [4.78, 5) is 0. The summed E-state index contributed by atoms with van der Waals surface area (Å²) in [6, 6.07) is -6.35. The van der Waals surface area contributed by atoms with Gasteiger partial charge in [-0.3, -0.25) is 14.2 Å². The van der Waals surface area contributed by atoms with Crippen LogP contribution in [0.25, 0.3) is 0 Å². The van der Waals surface area contributed by atoms with Crippen LogP contribution in [0, 0.1) is 0 Å². The molecular weight excluding hydrogens is 403 g/mol. The molecule has 0 N–H and O–H groups in total. The van der Waals surface area contributed by atoms with E-state index in [9.17, 15) is 57.1 Å². The van der Waals surface area contributed by atoms with Crippen molar-refractivity contribution < 1.29 is 71.3 Å². The number of hydrogen-bond acceptors (Lipinski definition) is 3. The maximum Gasteiger partial charge on any atom is 0.457 e. The van der Waals surface area contributed by atoms with Gasteiger partial charge in [0.25, 0.3) is 0 Å². The van der Waals surface area contributed by atoms with Crippen molar-refractivity contribution in [3.63, 3.8) is 0 Å². The van der Waals surface area contributed by atoms with Crippen LogP contribution < -0.4 is 0 Å². The summed E-state index contributed by atoms with van der Waals surface area (Å²) in [6.45, 7) is -4.07. The van der Waals surface area contributed by atoms with Crippen LogP contribution >= 0.6 is 0 Å². The first-order chi connectivity index (χ1) is 10.7. The zero-order chi connectivity index (χ0) is 20.3. The summed E-state index contributed by atoms with van der Waals surface area (Å²) in [5, 5.41) is 0. The van der Waals surface area contributed by atoms with Gasteiger partial charge in [-0.1, -0.05) is 0 Å². The van der Waals surface area contributed by atoms with Gasteiger partial charge in [-0.2, -0.15) is 48.3 Å². The minimum absolute atomic E-state index is 0.594. The van der Waals surface area contributed by atoms with Crippen LogP contribution in [-0.2, 0) is 14.2 Å². The average Bonchev–Trinajstić information content (AvgIpc) is 2.32. The van der Waals surface area contributed by atoms with Crippen LogP contribution in [0.5, 0.6) is 0 Å². The van der Waals surface area contributed by atoms with Gasteiger partial charge in [-0.05, 0) is 0 Å². The molecule has 0 aromatic rings. The summed E-state index contributed by atoms with van der Waals surface area (Å²) >= 11 is 0. The summed E-state index contributed by atoms with van der Waals surface area (Å²) in [5.74, 6) is -17.8. The Morgan fingerprint density at radius 3 is 1.60 bits per heavy atom. The van der Waals surface area contributed by atoms with Crippen molar-refractivity contribution >= 4 is 0 Å². The molecule has 4 unspecified atom stereocenters. The highest BCUT2D eigenvalue weighted by molar-refractivity contribution is 4.98. The number of hydrogen-bond donors (Lipinski definition) is 0. The molecule has 1 fully saturated rings. The standard InChI is InChI=1S/C9H5F13O3/c1-3(11)8(20,21)25-5(13,7(17,18)19)9(22,23-3)24-4(12,2-10)6(14,15)16/h2H2,1H3. The summed E-state index contributed by atoms with van der Waals surface area (Å²) in [7, 11) is 0. The molecule has 1 rings (SSSR count).